The highest BCUT2D eigenvalue weighted by Gasteiger charge is 2.22. The van der Waals surface area contributed by atoms with Gasteiger partial charge in [0.1, 0.15) is 0 Å². The Balaban J connectivity index is 1.88. The molecule has 0 radical (unpaired) electrons. The van der Waals surface area contributed by atoms with Crippen LogP contribution in [0.15, 0.2) is 18.2 Å². The molecule has 2 rings (SSSR count). The van der Waals surface area contributed by atoms with Gasteiger partial charge in [0.05, 0.1) is 6.04 Å². The fourth-order valence-corrected chi connectivity index (χ4v) is 3.38. The van der Waals surface area contributed by atoms with Crippen LogP contribution in [0.1, 0.15) is 63.0 Å². The number of quaternary nitrogens is 1. The van der Waals surface area contributed by atoms with Crippen molar-refractivity contribution in [3.8, 4) is 0 Å². The van der Waals surface area contributed by atoms with Crippen LogP contribution in [0.3, 0.4) is 0 Å². The number of anilines is 1. The molecule has 3 N–H and O–H groups in total. The molecule has 1 aromatic rings. The standard InChI is InChI=1S/C19H30N2O/c1-14-11-12-18(15(2)13-14)21-19(22)16(3)20-17-9-7-5-4-6-8-10-17/h11-13,16-17,20H,4-10H2,1-3H3,(H,21,22)/p+1/t16-/m1/s1. The van der Waals surface area contributed by atoms with Gasteiger partial charge < -0.3 is 10.6 Å². The van der Waals surface area contributed by atoms with Gasteiger partial charge in [-0.3, -0.25) is 4.79 Å². The van der Waals surface area contributed by atoms with Crippen molar-refractivity contribution in [2.45, 2.75) is 77.8 Å². The van der Waals surface area contributed by atoms with Gasteiger partial charge in [-0.2, -0.15) is 0 Å². The molecule has 0 spiro atoms. The summed E-state index contributed by atoms with van der Waals surface area (Å²) in [5, 5.41) is 5.37. The Bertz CT molecular complexity index is 490. The molecule has 0 saturated heterocycles. The maximum atomic E-state index is 12.4. The average molecular weight is 303 g/mol. The summed E-state index contributed by atoms with van der Waals surface area (Å²) in [6.07, 6.45) is 9.22. The van der Waals surface area contributed by atoms with E-state index in [4.69, 9.17) is 0 Å². The Labute approximate surface area is 134 Å². The SMILES string of the molecule is Cc1ccc(NC(=O)[C@@H](C)[NH2+]C2CCCCCCC2)c(C)c1. The van der Waals surface area contributed by atoms with Crippen LogP contribution in [0.5, 0.6) is 0 Å². The summed E-state index contributed by atoms with van der Waals surface area (Å²) in [6.45, 7) is 6.15. The first-order chi connectivity index (χ1) is 10.6. The fourth-order valence-electron chi connectivity index (χ4n) is 3.38. The fraction of sp³-hybridized carbons (Fsp3) is 0.632. The number of benzene rings is 1. The van der Waals surface area contributed by atoms with Crippen LogP contribution < -0.4 is 10.6 Å². The largest absolute Gasteiger partial charge is 0.334 e. The van der Waals surface area contributed by atoms with E-state index in [0.29, 0.717) is 6.04 Å². The summed E-state index contributed by atoms with van der Waals surface area (Å²) in [5.41, 5.74) is 3.30. The molecule has 1 aliphatic rings. The summed E-state index contributed by atoms with van der Waals surface area (Å²) in [7, 11) is 0. The third kappa shape index (κ3) is 5.13. The lowest BCUT2D eigenvalue weighted by Gasteiger charge is -2.22. The van der Waals surface area contributed by atoms with Crippen molar-refractivity contribution < 1.29 is 10.1 Å². The number of carbonyl (C=O) groups excluding carboxylic acids is 1. The van der Waals surface area contributed by atoms with E-state index in [1.165, 1.54) is 50.5 Å². The van der Waals surface area contributed by atoms with Gasteiger partial charge in [-0.05, 0) is 58.1 Å². The van der Waals surface area contributed by atoms with Crippen molar-refractivity contribution in [1.82, 2.24) is 0 Å². The lowest BCUT2D eigenvalue weighted by atomic mass is 9.96. The molecule has 0 bridgehead atoms. The molecular weight excluding hydrogens is 272 g/mol. The molecule has 0 aliphatic heterocycles. The molecule has 1 aromatic carbocycles. The van der Waals surface area contributed by atoms with E-state index in [1.54, 1.807) is 0 Å². The monoisotopic (exact) mass is 303 g/mol. The third-order valence-corrected chi connectivity index (χ3v) is 4.76. The molecule has 22 heavy (non-hydrogen) atoms. The maximum Gasteiger partial charge on any atom is 0.282 e. The Morgan fingerprint density at radius 3 is 2.41 bits per heavy atom. The van der Waals surface area contributed by atoms with Crippen molar-refractivity contribution in [1.29, 1.82) is 0 Å². The highest BCUT2D eigenvalue weighted by molar-refractivity contribution is 5.94. The Morgan fingerprint density at radius 2 is 1.77 bits per heavy atom. The molecule has 3 nitrogen and oxygen atoms in total. The summed E-state index contributed by atoms with van der Waals surface area (Å²) >= 11 is 0. The van der Waals surface area contributed by atoms with E-state index in [9.17, 15) is 4.79 Å². The van der Waals surface area contributed by atoms with Gasteiger partial charge in [0, 0.05) is 5.69 Å². The second-order valence-corrected chi connectivity index (χ2v) is 6.89. The topological polar surface area (TPSA) is 45.7 Å². The molecule has 1 fully saturated rings. The normalized spacial score (nSPS) is 18.3. The van der Waals surface area contributed by atoms with Gasteiger partial charge >= 0.3 is 0 Å². The van der Waals surface area contributed by atoms with Gasteiger partial charge in [0.25, 0.3) is 5.91 Å². The quantitative estimate of drug-likeness (QED) is 0.880. The molecular formula is C19H31N2O+. The van der Waals surface area contributed by atoms with Crippen LogP contribution in [0.25, 0.3) is 0 Å². The number of carbonyl (C=O) groups is 1. The molecule has 0 aromatic heterocycles. The number of rotatable bonds is 4. The van der Waals surface area contributed by atoms with Gasteiger partial charge in [-0.25, -0.2) is 0 Å². The van der Waals surface area contributed by atoms with Crippen LogP contribution in [0.2, 0.25) is 0 Å². The molecule has 0 unspecified atom stereocenters. The van der Waals surface area contributed by atoms with Crippen LogP contribution in [-0.4, -0.2) is 18.0 Å². The van der Waals surface area contributed by atoms with Crippen LogP contribution in [0.4, 0.5) is 5.69 Å². The van der Waals surface area contributed by atoms with Gasteiger partial charge in [0.15, 0.2) is 6.04 Å². The summed E-state index contributed by atoms with van der Waals surface area (Å²) < 4.78 is 0. The number of nitrogens with one attached hydrogen (secondary N) is 1. The maximum absolute atomic E-state index is 12.4. The van der Waals surface area contributed by atoms with Crippen molar-refractivity contribution in [3.63, 3.8) is 0 Å². The zero-order valence-corrected chi connectivity index (χ0v) is 14.3. The number of hydrogen-bond acceptors (Lipinski definition) is 1. The minimum atomic E-state index is -0.0230. The first-order valence-electron chi connectivity index (χ1n) is 8.79. The smallest absolute Gasteiger partial charge is 0.282 e. The predicted molar refractivity (Wildman–Crippen MR) is 92.0 cm³/mol. The van der Waals surface area contributed by atoms with Crippen molar-refractivity contribution in [2.24, 2.45) is 0 Å². The summed E-state index contributed by atoms with van der Waals surface area (Å²) in [4.78, 5) is 12.4. The third-order valence-electron chi connectivity index (χ3n) is 4.76. The van der Waals surface area contributed by atoms with E-state index >= 15 is 0 Å². The first-order valence-corrected chi connectivity index (χ1v) is 8.79. The number of nitrogens with two attached hydrogens (primary N) is 1. The highest BCUT2D eigenvalue weighted by Crippen LogP contribution is 2.17. The molecule has 1 amide bonds. The number of amides is 1. The van der Waals surface area contributed by atoms with E-state index in [1.807, 2.05) is 26.0 Å². The Morgan fingerprint density at radius 1 is 1.14 bits per heavy atom. The van der Waals surface area contributed by atoms with Crippen molar-refractivity contribution >= 4 is 11.6 Å². The van der Waals surface area contributed by atoms with E-state index < -0.39 is 0 Å². The van der Waals surface area contributed by atoms with E-state index in [0.717, 1.165) is 11.3 Å². The Hall–Kier alpha value is -1.35. The molecule has 3 heteroatoms. The second-order valence-electron chi connectivity index (χ2n) is 6.89. The van der Waals surface area contributed by atoms with Crippen molar-refractivity contribution in [3.05, 3.63) is 29.3 Å². The van der Waals surface area contributed by atoms with Gasteiger partial charge in [-0.1, -0.05) is 37.0 Å². The molecule has 122 valence electrons. The highest BCUT2D eigenvalue weighted by atomic mass is 16.2. The summed E-state index contributed by atoms with van der Waals surface area (Å²) in [5.74, 6) is 0.119. The van der Waals surface area contributed by atoms with Crippen LogP contribution >= 0.6 is 0 Å². The second kappa shape index (κ2) is 8.33. The minimum absolute atomic E-state index is 0.0230. The Kier molecular flexibility index (Phi) is 6.44. The van der Waals surface area contributed by atoms with E-state index in [-0.39, 0.29) is 11.9 Å². The lowest BCUT2D eigenvalue weighted by molar-refractivity contribution is -0.707. The van der Waals surface area contributed by atoms with Crippen LogP contribution in [0, 0.1) is 13.8 Å². The lowest BCUT2D eigenvalue weighted by Crippen LogP contribution is -2.96. The first kappa shape index (κ1) is 17.0. The minimum Gasteiger partial charge on any atom is -0.334 e. The molecule has 0 heterocycles. The molecule has 1 saturated carbocycles. The van der Waals surface area contributed by atoms with Crippen LogP contribution in [-0.2, 0) is 4.79 Å². The number of hydrogen-bond donors (Lipinski definition) is 2. The molecule has 1 aliphatic carbocycles. The molecule has 1 atom stereocenters. The zero-order chi connectivity index (χ0) is 15.9. The zero-order valence-electron chi connectivity index (χ0n) is 14.3. The van der Waals surface area contributed by atoms with Gasteiger partial charge in [-0.15, -0.1) is 0 Å². The van der Waals surface area contributed by atoms with Crippen molar-refractivity contribution in [2.75, 3.05) is 5.32 Å². The number of aryl methyl sites for hydroxylation is 2. The van der Waals surface area contributed by atoms with E-state index in [2.05, 4.69) is 23.6 Å². The average Bonchev–Trinajstić information content (AvgIpc) is 2.44. The predicted octanol–water partition coefficient (Wildman–Crippen LogP) is 3.31. The van der Waals surface area contributed by atoms with Gasteiger partial charge in [0.2, 0.25) is 0 Å². The summed E-state index contributed by atoms with van der Waals surface area (Å²) in [6, 6.07) is 6.75.